The molecule has 0 bridgehead atoms. The van der Waals surface area contributed by atoms with Crippen LogP contribution in [0.4, 0.5) is 4.79 Å². The van der Waals surface area contributed by atoms with Crippen LogP contribution in [-0.4, -0.2) is 54.7 Å². The average Bonchev–Trinajstić information content (AvgIpc) is 2.59. The van der Waals surface area contributed by atoms with Crippen molar-refractivity contribution < 1.29 is 24.2 Å². The number of hydrogen-bond acceptors (Lipinski definition) is 5. The molecule has 1 saturated heterocycles. The van der Waals surface area contributed by atoms with Crippen LogP contribution in [0.2, 0.25) is 0 Å². The molecular formula is C16H20ClN3O5. The van der Waals surface area contributed by atoms with Crippen LogP contribution in [0.5, 0.6) is 5.75 Å². The smallest absolute Gasteiger partial charge is 0.335 e. The summed E-state index contributed by atoms with van der Waals surface area (Å²) >= 11 is 0. The molecule has 1 spiro atoms. The van der Waals surface area contributed by atoms with Gasteiger partial charge in [0.15, 0.2) is 5.78 Å². The van der Waals surface area contributed by atoms with E-state index >= 15 is 0 Å². The molecule has 1 aromatic rings. The van der Waals surface area contributed by atoms with Gasteiger partial charge in [0.05, 0.1) is 11.1 Å². The van der Waals surface area contributed by atoms with Crippen molar-refractivity contribution in [3.05, 3.63) is 29.3 Å². The molecule has 2 aliphatic rings. The molecule has 1 aromatic carbocycles. The summed E-state index contributed by atoms with van der Waals surface area (Å²) in [5, 5.41) is 17.4. The molecule has 2 heterocycles. The Kier molecular flexibility index (Phi) is 5.54. The highest BCUT2D eigenvalue weighted by atomic mass is 35.5. The molecule has 2 aliphatic heterocycles. The van der Waals surface area contributed by atoms with Crippen LogP contribution in [0, 0.1) is 0 Å². The maximum atomic E-state index is 13.0. The first-order valence-electron chi connectivity index (χ1n) is 7.76. The fourth-order valence-electron chi connectivity index (χ4n) is 3.26. The van der Waals surface area contributed by atoms with Gasteiger partial charge in [0.2, 0.25) is 0 Å². The number of rotatable bonds is 2. The highest BCUT2D eigenvalue weighted by molar-refractivity contribution is 6.07. The first-order valence-corrected chi connectivity index (χ1v) is 7.76. The van der Waals surface area contributed by atoms with Crippen LogP contribution in [0.15, 0.2) is 18.2 Å². The summed E-state index contributed by atoms with van der Waals surface area (Å²) in [5.74, 6) is -1.09. The van der Waals surface area contributed by atoms with Crippen LogP contribution in [-0.2, 0) is 0 Å². The fraction of sp³-hybridized carbons (Fsp3) is 0.438. The number of piperidine rings is 1. The van der Waals surface area contributed by atoms with Gasteiger partial charge in [0.1, 0.15) is 17.4 Å². The molecule has 136 valence electrons. The second kappa shape index (κ2) is 7.28. The number of hydrogen-bond donors (Lipinski definition) is 4. The predicted molar refractivity (Wildman–Crippen MR) is 91.8 cm³/mol. The number of carbonyl (C=O) groups is 3. The maximum Gasteiger partial charge on any atom is 0.335 e. The fourth-order valence-corrected chi connectivity index (χ4v) is 3.26. The molecule has 2 amide bonds. The number of halogens is 1. The Morgan fingerprint density at radius 1 is 1.32 bits per heavy atom. The molecule has 4 N–H and O–H groups in total. The molecule has 25 heavy (non-hydrogen) atoms. The van der Waals surface area contributed by atoms with Crippen molar-refractivity contribution >= 4 is 30.2 Å². The lowest BCUT2D eigenvalue weighted by Crippen LogP contribution is -2.66. The van der Waals surface area contributed by atoms with Gasteiger partial charge in [0, 0.05) is 19.9 Å². The topological polar surface area (TPSA) is 117 Å². The first kappa shape index (κ1) is 19.0. The monoisotopic (exact) mass is 369 g/mol. The van der Waals surface area contributed by atoms with Crippen molar-refractivity contribution in [2.45, 2.75) is 24.5 Å². The number of carboxylic acids is 1. The Morgan fingerprint density at radius 3 is 2.60 bits per heavy atom. The molecule has 8 nitrogen and oxygen atoms in total. The van der Waals surface area contributed by atoms with Gasteiger partial charge in [-0.25, -0.2) is 9.59 Å². The Balaban J connectivity index is 0.00000225. The van der Waals surface area contributed by atoms with Gasteiger partial charge < -0.3 is 25.8 Å². The Bertz CT molecular complexity index is 703. The molecule has 3 rings (SSSR count). The van der Waals surface area contributed by atoms with E-state index in [1.165, 1.54) is 25.2 Å². The second-order valence-electron chi connectivity index (χ2n) is 5.95. The van der Waals surface area contributed by atoms with E-state index < -0.39 is 23.6 Å². The van der Waals surface area contributed by atoms with E-state index in [0.29, 0.717) is 31.7 Å². The summed E-state index contributed by atoms with van der Waals surface area (Å²) in [7, 11) is 1.47. The highest BCUT2D eigenvalue weighted by Crippen LogP contribution is 2.38. The minimum Gasteiger partial charge on any atom is -0.484 e. The first-order chi connectivity index (χ1) is 11.5. The molecule has 1 unspecified atom stereocenters. The lowest BCUT2D eigenvalue weighted by Gasteiger charge is -2.46. The van der Waals surface area contributed by atoms with Gasteiger partial charge in [0.25, 0.3) is 0 Å². The van der Waals surface area contributed by atoms with Crippen molar-refractivity contribution in [1.29, 1.82) is 0 Å². The SMILES string of the molecule is CNC(=O)NC1C(=O)c2cc(C(=O)O)ccc2OC12CCNCC2.Cl. The number of urea groups is 1. The molecule has 0 radical (unpaired) electrons. The lowest BCUT2D eigenvalue weighted by molar-refractivity contribution is -0.00218. The van der Waals surface area contributed by atoms with Crippen LogP contribution in [0.1, 0.15) is 33.6 Å². The third kappa shape index (κ3) is 3.40. The summed E-state index contributed by atoms with van der Waals surface area (Å²) in [6.45, 7) is 1.34. The van der Waals surface area contributed by atoms with E-state index in [4.69, 9.17) is 9.84 Å². The van der Waals surface area contributed by atoms with Gasteiger partial charge in [-0.05, 0) is 31.3 Å². The minimum absolute atomic E-state index is 0. The lowest BCUT2D eigenvalue weighted by atomic mass is 9.78. The highest BCUT2D eigenvalue weighted by Gasteiger charge is 2.51. The van der Waals surface area contributed by atoms with Gasteiger partial charge in [-0.1, -0.05) is 0 Å². The second-order valence-corrected chi connectivity index (χ2v) is 5.95. The van der Waals surface area contributed by atoms with Crippen LogP contribution >= 0.6 is 12.4 Å². The van der Waals surface area contributed by atoms with Crippen molar-refractivity contribution in [1.82, 2.24) is 16.0 Å². The number of Topliss-reactive ketones (excluding diaryl/α,β-unsaturated/α-hetero) is 1. The number of ether oxygens (including phenoxy) is 1. The number of carbonyl (C=O) groups excluding carboxylic acids is 2. The van der Waals surface area contributed by atoms with Crippen LogP contribution < -0.4 is 20.7 Å². The quantitative estimate of drug-likeness (QED) is 0.612. The van der Waals surface area contributed by atoms with Crippen molar-refractivity contribution in [2.24, 2.45) is 0 Å². The number of carboxylic acid groups (broad SMARTS) is 1. The van der Waals surface area contributed by atoms with Gasteiger partial charge in [-0.2, -0.15) is 0 Å². The molecule has 1 fully saturated rings. The van der Waals surface area contributed by atoms with E-state index in [9.17, 15) is 14.4 Å². The molecular weight excluding hydrogens is 350 g/mol. The van der Waals surface area contributed by atoms with E-state index in [2.05, 4.69) is 16.0 Å². The number of nitrogens with one attached hydrogen (secondary N) is 3. The van der Waals surface area contributed by atoms with Crippen LogP contribution in [0.25, 0.3) is 0 Å². The summed E-state index contributed by atoms with van der Waals surface area (Å²) in [4.78, 5) is 35.9. The van der Waals surface area contributed by atoms with Crippen LogP contribution in [0.3, 0.4) is 0 Å². The summed E-state index contributed by atoms with van der Waals surface area (Å²) in [6, 6.07) is 2.88. The molecule has 1 atom stereocenters. The minimum atomic E-state index is -1.12. The summed E-state index contributed by atoms with van der Waals surface area (Å²) in [6.07, 6.45) is 1.13. The number of ketones is 1. The van der Waals surface area contributed by atoms with Crippen molar-refractivity contribution in [2.75, 3.05) is 20.1 Å². The maximum absolute atomic E-state index is 13.0. The largest absolute Gasteiger partial charge is 0.484 e. The molecule has 0 saturated carbocycles. The zero-order chi connectivity index (χ0) is 17.3. The van der Waals surface area contributed by atoms with Gasteiger partial charge in [-0.15, -0.1) is 12.4 Å². The number of amides is 2. The van der Waals surface area contributed by atoms with E-state index in [1.807, 2.05) is 0 Å². The Hall–Kier alpha value is -2.32. The third-order valence-electron chi connectivity index (χ3n) is 4.55. The number of benzene rings is 1. The van der Waals surface area contributed by atoms with Crippen molar-refractivity contribution in [3.8, 4) is 5.75 Å². The van der Waals surface area contributed by atoms with E-state index in [-0.39, 0.29) is 29.3 Å². The Morgan fingerprint density at radius 2 is 2.00 bits per heavy atom. The van der Waals surface area contributed by atoms with Crippen molar-refractivity contribution in [3.63, 3.8) is 0 Å². The van der Waals surface area contributed by atoms with Gasteiger partial charge >= 0.3 is 12.0 Å². The number of aromatic carboxylic acids is 1. The van der Waals surface area contributed by atoms with E-state index in [1.54, 1.807) is 0 Å². The average molecular weight is 370 g/mol. The number of fused-ring (bicyclic) bond motifs is 1. The van der Waals surface area contributed by atoms with Gasteiger partial charge in [-0.3, -0.25) is 4.79 Å². The standard InChI is InChI=1S/C16H19N3O5.ClH/c1-17-15(23)19-13-12(20)10-8-9(14(21)22)2-3-11(10)24-16(13)4-6-18-7-5-16;/h2-3,8,13,18H,4-7H2,1H3,(H,21,22)(H2,17,19,23);1H. The third-order valence-corrected chi connectivity index (χ3v) is 4.55. The Labute approximate surface area is 150 Å². The predicted octanol–water partition coefficient (Wildman–Crippen LogP) is 0.801. The summed E-state index contributed by atoms with van der Waals surface area (Å²) in [5.41, 5.74) is -0.641. The van der Waals surface area contributed by atoms with E-state index in [0.717, 1.165) is 0 Å². The molecule has 9 heteroatoms. The molecule has 0 aromatic heterocycles. The molecule has 0 aliphatic carbocycles. The zero-order valence-corrected chi connectivity index (χ0v) is 14.4. The normalized spacial score (nSPS) is 20.7. The summed E-state index contributed by atoms with van der Waals surface area (Å²) < 4.78 is 6.13. The zero-order valence-electron chi connectivity index (χ0n) is 13.6.